The van der Waals surface area contributed by atoms with Crippen LogP contribution in [0.2, 0.25) is 10.0 Å². The number of rotatable bonds is 8. The van der Waals surface area contributed by atoms with Gasteiger partial charge in [0.15, 0.2) is 11.5 Å². The fourth-order valence-electron chi connectivity index (χ4n) is 4.50. The van der Waals surface area contributed by atoms with E-state index in [1.807, 2.05) is 30.3 Å². The van der Waals surface area contributed by atoms with Gasteiger partial charge in [-0.15, -0.1) is 0 Å². The molecule has 0 bridgehead atoms. The Labute approximate surface area is 256 Å². The monoisotopic (exact) mass is 607 g/mol. The number of hydrogen-bond donors (Lipinski definition) is 2. The number of aromatic nitrogens is 2. The number of hydrogen-bond acceptors (Lipinski definition) is 7. The Morgan fingerprint density at radius 1 is 0.791 bits per heavy atom. The van der Waals surface area contributed by atoms with Crippen LogP contribution in [0, 0.1) is 0 Å². The van der Waals surface area contributed by atoms with E-state index in [0.29, 0.717) is 49.7 Å². The summed E-state index contributed by atoms with van der Waals surface area (Å²) in [6, 6.07) is 26.9. The Morgan fingerprint density at radius 3 is 2.30 bits per heavy atom. The van der Waals surface area contributed by atoms with Crippen LogP contribution >= 0.6 is 23.2 Å². The highest BCUT2D eigenvalue weighted by molar-refractivity contribution is 6.31. The second kappa shape index (κ2) is 12.4. The molecule has 0 radical (unpaired) electrons. The number of benzene rings is 4. The average molecular weight is 608 g/mol. The van der Waals surface area contributed by atoms with Crippen molar-refractivity contribution in [3.8, 4) is 17.2 Å². The van der Waals surface area contributed by atoms with Crippen LogP contribution in [0.3, 0.4) is 0 Å². The first-order chi connectivity index (χ1) is 21.0. The summed E-state index contributed by atoms with van der Waals surface area (Å²) in [4.78, 5) is 26.4. The summed E-state index contributed by atoms with van der Waals surface area (Å²) in [5.41, 5.74) is 9.51. The van der Waals surface area contributed by atoms with Gasteiger partial charge in [0.2, 0.25) is 0 Å². The van der Waals surface area contributed by atoms with Gasteiger partial charge in [0.05, 0.1) is 35.1 Å². The Morgan fingerprint density at radius 2 is 1.51 bits per heavy atom. The van der Waals surface area contributed by atoms with E-state index >= 15 is 0 Å². The lowest BCUT2D eigenvalue weighted by Gasteiger charge is -2.13. The smallest absolute Gasteiger partial charge is 0.271 e. The first-order valence-corrected chi connectivity index (χ1v) is 13.9. The van der Waals surface area contributed by atoms with E-state index in [-0.39, 0.29) is 5.91 Å². The van der Waals surface area contributed by atoms with E-state index in [1.54, 1.807) is 86.4 Å². The molecule has 43 heavy (non-hydrogen) atoms. The second-order valence-corrected chi connectivity index (χ2v) is 10.2. The predicted molar refractivity (Wildman–Crippen MR) is 171 cm³/mol. The molecular weight excluding hydrogens is 585 g/mol. The summed E-state index contributed by atoms with van der Waals surface area (Å²) in [5, 5.41) is 2.83. The van der Waals surface area contributed by atoms with Gasteiger partial charge in [-0.1, -0.05) is 35.3 Å². The lowest BCUT2D eigenvalue weighted by atomic mass is 10.1. The topological polar surface area (TPSA) is 97.7 Å². The Bertz CT molecular complexity index is 2020. The van der Waals surface area contributed by atoms with Crippen LogP contribution in [0.25, 0.3) is 21.8 Å². The maximum atomic E-state index is 13.1. The largest absolute Gasteiger partial charge is 0.493 e. The third kappa shape index (κ3) is 6.21. The van der Waals surface area contributed by atoms with Gasteiger partial charge in [0.25, 0.3) is 5.91 Å². The van der Waals surface area contributed by atoms with E-state index in [1.165, 1.54) is 0 Å². The second-order valence-electron chi connectivity index (χ2n) is 9.36. The van der Waals surface area contributed by atoms with Gasteiger partial charge in [0.1, 0.15) is 5.75 Å². The molecule has 0 saturated heterocycles. The average Bonchev–Trinajstić information content (AvgIpc) is 3.03. The molecule has 212 valence electrons. The third-order valence-electron chi connectivity index (χ3n) is 6.59. The quantitative estimate of drug-likeness (QED) is 0.133. The molecule has 10 heteroatoms. The number of fused-ring (bicyclic) bond motifs is 2. The van der Waals surface area contributed by atoms with Crippen molar-refractivity contribution in [1.82, 2.24) is 15.4 Å². The van der Waals surface area contributed by atoms with E-state index in [0.717, 1.165) is 21.9 Å². The molecule has 4 aromatic carbocycles. The molecule has 0 spiro atoms. The zero-order valence-corrected chi connectivity index (χ0v) is 24.2. The minimum absolute atomic E-state index is 0.348. The summed E-state index contributed by atoms with van der Waals surface area (Å²) in [6.45, 7) is 0. The lowest BCUT2D eigenvalue weighted by molar-refractivity contribution is 0.0963. The minimum atomic E-state index is -0.348. The number of amides is 1. The number of carbonyl (C=O) groups excluding carboxylic acids is 1. The van der Waals surface area contributed by atoms with Crippen molar-refractivity contribution in [3.63, 3.8) is 0 Å². The van der Waals surface area contributed by atoms with Crippen LogP contribution in [-0.4, -0.2) is 29.2 Å². The first kappa shape index (κ1) is 28.0. The number of nitrogens with one attached hydrogen (secondary N) is 2. The van der Waals surface area contributed by atoms with E-state index in [9.17, 15) is 4.79 Å². The van der Waals surface area contributed by atoms with E-state index in [2.05, 4.69) is 25.8 Å². The molecule has 2 heterocycles. The van der Waals surface area contributed by atoms with Gasteiger partial charge in [0, 0.05) is 39.4 Å². The highest BCUT2D eigenvalue weighted by Gasteiger charge is 2.13. The summed E-state index contributed by atoms with van der Waals surface area (Å²) in [7, 11) is 1.57. The molecule has 0 aliphatic rings. The summed E-state index contributed by atoms with van der Waals surface area (Å²) in [5.74, 6) is 1.32. The fraction of sp³-hybridized carbons (Fsp3) is 0.0303. The van der Waals surface area contributed by atoms with Gasteiger partial charge in [-0.3, -0.25) is 30.6 Å². The molecule has 0 saturated carbocycles. The van der Waals surface area contributed by atoms with Crippen LogP contribution < -0.4 is 20.3 Å². The molecule has 6 aromatic rings. The van der Waals surface area contributed by atoms with Gasteiger partial charge < -0.3 is 9.47 Å². The van der Waals surface area contributed by atoms with Crippen molar-refractivity contribution >= 4 is 68.5 Å². The number of aliphatic imine (C=N–C) groups is 1. The Kier molecular flexibility index (Phi) is 8.04. The van der Waals surface area contributed by atoms with Crippen LogP contribution in [0.4, 0.5) is 11.4 Å². The number of carbonyl (C=O) groups is 1. The van der Waals surface area contributed by atoms with E-state index in [4.69, 9.17) is 32.7 Å². The van der Waals surface area contributed by atoms with Gasteiger partial charge >= 0.3 is 0 Å². The van der Waals surface area contributed by atoms with Gasteiger partial charge in [-0.25, -0.2) is 0 Å². The molecule has 0 unspecified atom stereocenters. The van der Waals surface area contributed by atoms with Crippen LogP contribution in [0.5, 0.6) is 17.2 Å². The zero-order chi connectivity index (χ0) is 29.8. The number of nitrogens with zero attached hydrogens (tertiary/aromatic N) is 3. The van der Waals surface area contributed by atoms with E-state index < -0.39 is 0 Å². The Balaban J connectivity index is 1.19. The van der Waals surface area contributed by atoms with Crippen molar-refractivity contribution in [2.24, 2.45) is 4.99 Å². The van der Waals surface area contributed by atoms with Crippen LogP contribution in [0.15, 0.2) is 108 Å². The molecule has 0 aliphatic heterocycles. The molecule has 1 amide bonds. The number of methoxy groups -OCH3 is 1. The molecule has 6 rings (SSSR count). The molecule has 2 aromatic heterocycles. The number of pyridine rings is 2. The van der Waals surface area contributed by atoms with Gasteiger partial charge in [-0.2, -0.15) is 0 Å². The van der Waals surface area contributed by atoms with Crippen molar-refractivity contribution in [1.29, 1.82) is 0 Å². The minimum Gasteiger partial charge on any atom is -0.493 e. The first-order valence-electron chi connectivity index (χ1n) is 13.1. The predicted octanol–water partition coefficient (Wildman–Crippen LogP) is 8.40. The molecule has 8 nitrogen and oxygen atoms in total. The van der Waals surface area contributed by atoms with Crippen LogP contribution in [0.1, 0.15) is 15.9 Å². The molecule has 0 fully saturated rings. The summed E-state index contributed by atoms with van der Waals surface area (Å²) >= 11 is 12.2. The molecule has 0 aliphatic carbocycles. The number of para-hydroxylation sites is 1. The maximum Gasteiger partial charge on any atom is 0.271 e. The highest BCUT2D eigenvalue weighted by Crippen LogP contribution is 2.36. The fourth-order valence-corrected chi connectivity index (χ4v) is 4.83. The normalized spacial score (nSPS) is 11.1. The van der Waals surface area contributed by atoms with Crippen molar-refractivity contribution in [2.75, 3.05) is 12.5 Å². The van der Waals surface area contributed by atoms with Crippen molar-refractivity contribution in [3.05, 3.63) is 125 Å². The summed E-state index contributed by atoms with van der Waals surface area (Å²) in [6.07, 6.45) is 4.97. The SMILES string of the molecule is COc1cc(C=Nc2ccccc2C(=O)NNc2ccnc3cc(Cl)ccc23)ccc1Oc1ccnc2cc(Cl)ccc12. The molecular formula is C33H23Cl2N5O3. The van der Waals surface area contributed by atoms with Crippen molar-refractivity contribution in [2.45, 2.75) is 0 Å². The molecule has 0 atom stereocenters. The summed E-state index contributed by atoms with van der Waals surface area (Å²) < 4.78 is 11.8. The number of anilines is 1. The number of hydrazine groups is 1. The lowest BCUT2D eigenvalue weighted by Crippen LogP contribution is -2.29. The Hall–Kier alpha value is -5.18. The molecule has 2 N–H and O–H groups in total. The number of halogens is 2. The third-order valence-corrected chi connectivity index (χ3v) is 7.06. The highest BCUT2D eigenvalue weighted by atomic mass is 35.5. The van der Waals surface area contributed by atoms with Crippen LogP contribution in [-0.2, 0) is 0 Å². The van der Waals surface area contributed by atoms with Gasteiger partial charge in [-0.05, 0) is 84.4 Å². The zero-order valence-electron chi connectivity index (χ0n) is 22.7. The van der Waals surface area contributed by atoms with Crippen molar-refractivity contribution < 1.29 is 14.3 Å². The number of ether oxygens (including phenoxy) is 2. The standard InChI is InChI=1S/C33H23Cl2N5O3/c1-42-32-16-20(6-11-31(32)43-30-13-15-37-29-18-22(35)8-10-24(29)30)19-38-26-5-3-2-4-25(26)33(41)40-39-27-12-14-36-28-17-21(34)7-9-23(27)28/h2-19H,1H3,(H,36,39)(H,40,41). The maximum absolute atomic E-state index is 13.1.